The predicted octanol–water partition coefficient (Wildman–Crippen LogP) is 2.10. The third kappa shape index (κ3) is 6.52. The summed E-state index contributed by atoms with van der Waals surface area (Å²) in [6, 6.07) is 5.15. The van der Waals surface area contributed by atoms with Crippen LogP contribution in [0.4, 0.5) is 10.5 Å². The van der Waals surface area contributed by atoms with E-state index in [-0.39, 0.29) is 24.1 Å². The Bertz CT molecular complexity index is 642. The van der Waals surface area contributed by atoms with E-state index in [1.165, 1.54) is 0 Å². The number of rotatable bonds is 7. The number of nitrogens with one attached hydrogen (secondary N) is 3. The van der Waals surface area contributed by atoms with Crippen molar-refractivity contribution in [3.05, 3.63) is 29.3 Å². The zero-order valence-electron chi connectivity index (χ0n) is 16.5. The van der Waals surface area contributed by atoms with Crippen LogP contribution in [0.25, 0.3) is 0 Å². The van der Waals surface area contributed by atoms with Gasteiger partial charge in [0.05, 0.1) is 6.10 Å². The highest BCUT2D eigenvalue weighted by molar-refractivity contribution is 5.97. The second kappa shape index (κ2) is 10.3. The molecule has 7 heteroatoms. The molecule has 150 valence electrons. The number of piperidine rings is 1. The van der Waals surface area contributed by atoms with Gasteiger partial charge in [-0.3, -0.25) is 4.79 Å². The minimum Gasteiger partial charge on any atom is -0.392 e. The Balaban J connectivity index is 1.86. The van der Waals surface area contributed by atoms with Gasteiger partial charge in [0.1, 0.15) is 0 Å². The standard InChI is InChI=1S/C20H32N4O3/c1-4-17(25)13-24-10-8-16(9-11-24)22-20(27)23-18-12-15(7-6-14(18)3)19(26)21-5-2/h6-7,12,16-17,25H,4-5,8-11,13H2,1-3H3,(H,21,26)(H2,22,23,27)/t17-/m0/s1. The fourth-order valence-electron chi connectivity index (χ4n) is 3.19. The summed E-state index contributed by atoms with van der Waals surface area (Å²) in [5, 5.41) is 18.4. The normalized spacial score (nSPS) is 16.6. The number of aliphatic hydroxyl groups excluding tert-OH is 1. The van der Waals surface area contributed by atoms with E-state index in [1.54, 1.807) is 12.1 Å². The average molecular weight is 377 g/mol. The van der Waals surface area contributed by atoms with E-state index < -0.39 is 0 Å². The van der Waals surface area contributed by atoms with Gasteiger partial charge in [0, 0.05) is 43.5 Å². The molecule has 1 atom stereocenters. The van der Waals surface area contributed by atoms with E-state index in [0.717, 1.165) is 37.9 Å². The van der Waals surface area contributed by atoms with Crippen molar-refractivity contribution < 1.29 is 14.7 Å². The topological polar surface area (TPSA) is 93.7 Å². The van der Waals surface area contributed by atoms with Crippen LogP contribution < -0.4 is 16.0 Å². The van der Waals surface area contributed by atoms with Gasteiger partial charge in [-0.1, -0.05) is 13.0 Å². The molecule has 4 N–H and O–H groups in total. The van der Waals surface area contributed by atoms with Gasteiger partial charge in [0.2, 0.25) is 0 Å². The average Bonchev–Trinajstić information content (AvgIpc) is 2.65. The Morgan fingerprint density at radius 2 is 1.96 bits per heavy atom. The first kappa shape index (κ1) is 21.2. The fraction of sp³-hybridized carbons (Fsp3) is 0.600. The molecule has 1 aliphatic rings. The van der Waals surface area contributed by atoms with E-state index in [0.29, 0.717) is 24.3 Å². The third-order valence-electron chi connectivity index (χ3n) is 4.95. The minimum absolute atomic E-state index is 0.117. The molecule has 0 radical (unpaired) electrons. The summed E-state index contributed by atoms with van der Waals surface area (Å²) in [5.74, 6) is -0.150. The molecule has 1 saturated heterocycles. The molecule has 7 nitrogen and oxygen atoms in total. The van der Waals surface area contributed by atoms with Crippen molar-refractivity contribution in [2.24, 2.45) is 0 Å². The molecular formula is C20H32N4O3. The van der Waals surface area contributed by atoms with Crippen LogP contribution in [-0.4, -0.2) is 60.3 Å². The summed E-state index contributed by atoms with van der Waals surface area (Å²) < 4.78 is 0. The number of nitrogens with zero attached hydrogens (tertiary/aromatic N) is 1. The van der Waals surface area contributed by atoms with E-state index in [9.17, 15) is 14.7 Å². The Morgan fingerprint density at radius 3 is 2.59 bits per heavy atom. The molecule has 27 heavy (non-hydrogen) atoms. The van der Waals surface area contributed by atoms with E-state index >= 15 is 0 Å². The molecule has 2 rings (SSSR count). The Morgan fingerprint density at radius 1 is 1.26 bits per heavy atom. The zero-order valence-corrected chi connectivity index (χ0v) is 16.5. The van der Waals surface area contributed by atoms with Gasteiger partial charge in [0.25, 0.3) is 5.91 Å². The van der Waals surface area contributed by atoms with Gasteiger partial charge in [-0.25, -0.2) is 4.79 Å². The van der Waals surface area contributed by atoms with Crippen molar-refractivity contribution in [2.75, 3.05) is 31.5 Å². The van der Waals surface area contributed by atoms with Crippen molar-refractivity contribution in [2.45, 2.75) is 52.2 Å². The van der Waals surface area contributed by atoms with Crippen molar-refractivity contribution in [3.8, 4) is 0 Å². The highest BCUT2D eigenvalue weighted by Crippen LogP contribution is 2.17. The molecule has 0 aliphatic carbocycles. The van der Waals surface area contributed by atoms with Crippen LogP contribution in [-0.2, 0) is 0 Å². The summed E-state index contributed by atoms with van der Waals surface area (Å²) in [7, 11) is 0. The quantitative estimate of drug-likeness (QED) is 0.586. The summed E-state index contributed by atoms with van der Waals surface area (Å²) >= 11 is 0. The van der Waals surface area contributed by atoms with Crippen LogP contribution in [0.3, 0.4) is 0 Å². The van der Waals surface area contributed by atoms with Gasteiger partial charge in [-0.15, -0.1) is 0 Å². The molecule has 1 aliphatic heterocycles. The van der Waals surface area contributed by atoms with Crippen molar-refractivity contribution in [1.82, 2.24) is 15.5 Å². The lowest BCUT2D eigenvalue weighted by Crippen LogP contribution is -2.47. The first-order chi connectivity index (χ1) is 12.9. The van der Waals surface area contributed by atoms with Crippen LogP contribution in [0.1, 0.15) is 49.0 Å². The molecule has 1 aromatic carbocycles. The smallest absolute Gasteiger partial charge is 0.319 e. The molecule has 0 unspecified atom stereocenters. The van der Waals surface area contributed by atoms with E-state index in [2.05, 4.69) is 20.9 Å². The number of β-amino-alcohol motifs (C(OH)–C–C–N with tert-alkyl or cyclic N) is 1. The highest BCUT2D eigenvalue weighted by atomic mass is 16.3. The number of hydrogen-bond acceptors (Lipinski definition) is 4. The molecule has 3 amide bonds. The number of aliphatic hydroxyl groups is 1. The second-order valence-corrected chi connectivity index (χ2v) is 7.12. The molecule has 0 spiro atoms. The largest absolute Gasteiger partial charge is 0.392 e. The Kier molecular flexibility index (Phi) is 8.06. The highest BCUT2D eigenvalue weighted by Gasteiger charge is 2.22. The van der Waals surface area contributed by atoms with Crippen molar-refractivity contribution >= 4 is 17.6 Å². The van der Waals surface area contributed by atoms with Crippen LogP contribution in [0.15, 0.2) is 18.2 Å². The number of benzene rings is 1. The Hall–Kier alpha value is -2.12. The Labute approximate surface area is 161 Å². The van der Waals surface area contributed by atoms with Gasteiger partial charge < -0.3 is 26.0 Å². The molecule has 0 aromatic heterocycles. The van der Waals surface area contributed by atoms with E-state index in [1.807, 2.05) is 26.8 Å². The molecule has 1 heterocycles. The lowest BCUT2D eigenvalue weighted by Gasteiger charge is -2.33. The molecule has 1 fully saturated rings. The number of amides is 3. The number of carbonyl (C=O) groups excluding carboxylic acids is 2. The van der Waals surface area contributed by atoms with Crippen LogP contribution in [0, 0.1) is 6.92 Å². The second-order valence-electron chi connectivity index (χ2n) is 7.12. The van der Waals surface area contributed by atoms with E-state index in [4.69, 9.17) is 0 Å². The maximum atomic E-state index is 12.4. The number of carbonyl (C=O) groups is 2. The number of hydrogen-bond donors (Lipinski definition) is 4. The van der Waals surface area contributed by atoms with Crippen LogP contribution in [0.2, 0.25) is 0 Å². The SMILES string of the molecule is CCNC(=O)c1ccc(C)c(NC(=O)NC2CCN(C[C@@H](O)CC)CC2)c1. The summed E-state index contributed by atoms with van der Waals surface area (Å²) in [5.41, 5.74) is 2.07. The van der Waals surface area contributed by atoms with Gasteiger partial charge in [-0.2, -0.15) is 0 Å². The molecule has 0 bridgehead atoms. The first-order valence-electron chi connectivity index (χ1n) is 9.79. The van der Waals surface area contributed by atoms with Crippen molar-refractivity contribution in [3.63, 3.8) is 0 Å². The van der Waals surface area contributed by atoms with Crippen LogP contribution in [0.5, 0.6) is 0 Å². The fourth-order valence-corrected chi connectivity index (χ4v) is 3.19. The van der Waals surface area contributed by atoms with Crippen LogP contribution >= 0.6 is 0 Å². The maximum Gasteiger partial charge on any atom is 0.319 e. The minimum atomic E-state index is -0.280. The van der Waals surface area contributed by atoms with Gasteiger partial charge in [0.15, 0.2) is 0 Å². The summed E-state index contributed by atoms with van der Waals surface area (Å²) in [6.07, 6.45) is 2.21. The number of aryl methyl sites for hydroxylation is 1. The molecule has 1 aromatic rings. The third-order valence-corrected chi connectivity index (χ3v) is 4.95. The van der Waals surface area contributed by atoms with Gasteiger partial charge >= 0.3 is 6.03 Å². The molecular weight excluding hydrogens is 344 g/mol. The summed E-state index contributed by atoms with van der Waals surface area (Å²) in [6.45, 7) is 8.74. The van der Waals surface area contributed by atoms with Crippen molar-refractivity contribution in [1.29, 1.82) is 0 Å². The maximum absolute atomic E-state index is 12.4. The number of likely N-dealkylation sites (tertiary alicyclic amines) is 1. The number of urea groups is 1. The number of anilines is 1. The lowest BCUT2D eigenvalue weighted by atomic mass is 10.0. The lowest BCUT2D eigenvalue weighted by molar-refractivity contribution is 0.0924. The summed E-state index contributed by atoms with van der Waals surface area (Å²) in [4.78, 5) is 26.6. The molecule has 0 saturated carbocycles. The monoisotopic (exact) mass is 376 g/mol. The van der Waals surface area contributed by atoms with Gasteiger partial charge in [-0.05, 0) is 50.8 Å². The first-order valence-corrected chi connectivity index (χ1v) is 9.79. The zero-order chi connectivity index (χ0) is 19.8. The predicted molar refractivity (Wildman–Crippen MR) is 107 cm³/mol.